The molecule has 0 radical (unpaired) electrons. The molecule has 2 aromatic rings. The van der Waals surface area contributed by atoms with Gasteiger partial charge in [-0.3, -0.25) is 0 Å². The van der Waals surface area contributed by atoms with Crippen LogP contribution in [0.2, 0.25) is 5.02 Å². The van der Waals surface area contributed by atoms with E-state index in [2.05, 4.69) is 4.98 Å². The maximum absolute atomic E-state index is 12.9. The summed E-state index contributed by atoms with van der Waals surface area (Å²) in [6.07, 6.45) is -3.41. The molecule has 0 fully saturated rings. The highest BCUT2D eigenvalue weighted by atomic mass is 35.5. The third kappa shape index (κ3) is 10.6. The van der Waals surface area contributed by atoms with E-state index in [0.717, 1.165) is 0 Å². The molecule has 0 aliphatic heterocycles. The maximum Gasteiger partial charge on any atom is 0.420 e. The number of ether oxygens (including phenoxy) is 4. The molecule has 0 saturated carbocycles. The number of aromatic nitrogens is 1. The zero-order chi connectivity index (χ0) is 27.5. The Morgan fingerprint density at radius 3 is 2.54 bits per heavy atom. The largest absolute Gasteiger partial charge is 0.491 e. The van der Waals surface area contributed by atoms with Gasteiger partial charge in [-0.25, -0.2) is 22.9 Å². The third-order valence-corrected chi connectivity index (χ3v) is 6.34. The van der Waals surface area contributed by atoms with Gasteiger partial charge >= 0.3 is 12.3 Å². The summed E-state index contributed by atoms with van der Waals surface area (Å²) in [4.78, 5) is 15.5. The van der Waals surface area contributed by atoms with Gasteiger partial charge in [-0.2, -0.15) is 13.2 Å². The summed E-state index contributed by atoms with van der Waals surface area (Å²) in [7, 11) is -2.25. The Morgan fingerprint density at radius 1 is 1.14 bits per heavy atom. The zero-order valence-corrected chi connectivity index (χ0v) is 21.8. The number of rotatable bonds is 14. The number of amides is 1. The quantitative estimate of drug-likeness (QED) is 0.303. The number of nitrogens with one attached hydrogen (secondary N) is 1. The fourth-order valence-electron chi connectivity index (χ4n) is 2.90. The van der Waals surface area contributed by atoms with E-state index in [9.17, 15) is 26.4 Å². The number of halogens is 4. The van der Waals surface area contributed by atoms with E-state index < -0.39 is 27.9 Å². The summed E-state index contributed by atoms with van der Waals surface area (Å²) < 4.78 is 85.3. The SMILES string of the molecule is CCCCS(=O)(=O)NC(=O)OCCCc1ccc(OCCOC)cc1Oc1ncc(C(F)(F)F)cc1Cl. The molecule has 0 aliphatic rings. The molecule has 1 aromatic heterocycles. The standard InChI is InChI=1S/C23H28ClF3N2O7S/c1-3-4-12-37(31,32)29-22(30)35-9-5-6-16-7-8-18(34-11-10-33-2)14-20(16)36-21-19(24)13-17(15-28-21)23(25,26)27/h7-8,13-15H,3-6,9-12H2,1-2H3,(H,29,30). The van der Waals surface area contributed by atoms with Gasteiger partial charge < -0.3 is 18.9 Å². The smallest absolute Gasteiger partial charge is 0.420 e. The van der Waals surface area contributed by atoms with Crippen LogP contribution >= 0.6 is 11.6 Å². The molecule has 1 N–H and O–H groups in total. The van der Waals surface area contributed by atoms with Gasteiger partial charge in [-0.05, 0) is 37.0 Å². The number of benzene rings is 1. The monoisotopic (exact) mass is 568 g/mol. The van der Waals surface area contributed by atoms with Crippen LogP contribution in [0.4, 0.5) is 18.0 Å². The molecule has 0 aliphatic carbocycles. The minimum absolute atomic E-state index is 0.0973. The summed E-state index contributed by atoms with van der Waals surface area (Å²) in [5, 5.41) is -0.337. The Balaban J connectivity index is 2.09. The van der Waals surface area contributed by atoms with Crippen LogP contribution in [-0.4, -0.2) is 52.2 Å². The predicted octanol–water partition coefficient (Wildman–Crippen LogP) is 5.36. The molecule has 2 rings (SSSR count). The Bertz CT molecular complexity index is 1150. The Kier molecular flexibility index (Phi) is 11.7. The summed E-state index contributed by atoms with van der Waals surface area (Å²) in [6.45, 7) is 2.31. The first-order valence-electron chi connectivity index (χ1n) is 11.3. The van der Waals surface area contributed by atoms with Crippen LogP contribution in [0.1, 0.15) is 37.3 Å². The molecule has 1 heterocycles. The number of nitrogens with zero attached hydrogens (tertiary/aromatic N) is 1. The molecular formula is C23H28ClF3N2O7S. The van der Waals surface area contributed by atoms with Crippen LogP contribution in [0.5, 0.6) is 17.4 Å². The van der Waals surface area contributed by atoms with E-state index in [0.29, 0.717) is 49.4 Å². The first-order chi connectivity index (χ1) is 17.4. The fourth-order valence-corrected chi connectivity index (χ4v) is 4.19. The zero-order valence-electron chi connectivity index (χ0n) is 20.3. The first-order valence-corrected chi connectivity index (χ1v) is 13.3. The second-order valence-corrected chi connectivity index (χ2v) is 9.98. The van der Waals surface area contributed by atoms with Crippen molar-refractivity contribution in [3.63, 3.8) is 0 Å². The van der Waals surface area contributed by atoms with Crippen molar-refractivity contribution in [2.75, 3.05) is 32.7 Å². The van der Waals surface area contributed by atoms with Gasteiger partial charge in [0.25, 0.3) is 0 Å². The Morgan fingerprint density at radius 2 is 1.89 bits per heavy atom. The normalized spacial score (nSPS) is 11.7. The Hall–Kier alpha value is -2.77. The Labute approximate surface area is 218 Å². The molecular weight excluding hydrogens is 541 g/mol. The van der Waals surface area contributed by atoms with Crippen LogP contribution < -0.4 is 14.2 Å². The van der Waals surface area contributed by atoms with E-state index in [4.69, 9.17) is 30.5 Å². The van der Waals surface area contributed by atoms with Gasteiger partial charge in [0.05, 0.1) is 24.5 Å². The number of unbranched alkanes of at least 4 members (excludes halogenated alkanes) is 1. The van der Waals surface area contributed by atoms with Gasteiger partial charge in [0.2, 0.25) is 15.9 Å². The molecule has 0 spiro atoms. The van der Waals surface area contributed by atoms with Crippen molar-refractivity contribution >= 4 is 27.7 Å². The van der Waals surface area contributed by atoms with Gasteiger partial charge in [-0.15, -0.1) is 0 Å². The lowest BCUT2D eigenvalue weighted by Gasteiger charge is -2.15. The van der Waals surface area contributed by atoms with Crippen LogP contribution in [0.3, 0.4) is 0 Å². The lowest BCUT2D eigenvalue weighted by molar-refractivity contribution is -0.137. The van der Waals surface area contributed by atoms with Crippen LogP contribution in [0.15, 0.2) is 30.5 Å². The second kappa shape index (κ2) is 14.2. The van der Waals surface area contributed by atoms with Crippen molar-refractivity contribution in [2.45, 2.75) is 38.8 Å². The summed E-state index contributed by atoms with van der Waals surface area (Å²) in [5.41, 5.74) is -0.426. The average Bonchev–Trinajstić information content (AvgIpc) is 2.82. The number of pyridine rings is 1. The fraction of sp³-hybridized carbons (Fsp3) is 0.478. The van der Waals surface area contributed by atoms with E-state index >= 15 is 0 Å². The highest BCUT2D eigenvalue weighted by Crippen LogP contribution is 2.36. The number of alkyl halides is 3. The lowest BCUT2D eigenvalue weighted by atomic mass is 10.1. The van der Waals surface area contributed by atoms with Crippen molar-refractivity contribution < 1.29 is 45.3 Å². The molecule has 14 heteroatoms. The molecule has 0 atom stereocenters. The molecule has 206 valence electrons. The summed E-state index contributed by atoms with van der Waals surface area (Å²) >= 11 is 5.98. The predicted molar refractivity (Wildman–Crippen MR) is 130 cm³/mol. The van der Waals surface area contributed by atoms with Gasteiger partial charge in [0.15, 0.2) is 0 Å². The van der Waals surface area contributed by atoms with Gasteiger partial charge in [-0.1, -0.05) is 31.0 Å². The van der Waals surface area contributed by atoms with Crippen molar-refractivity contribution in [3.8, 4) is 17.4 Å². The van der Waals surface area contributed by atoms with Crippen molar-refractivity contribution in [1.82, 2.24) is 9.71 Å². The van der Waals surface area contributed by atoms with Crippen molar-refractivity contribution in [3.05, 3.63) is 46.6 Å². The van der Waals surface area contributed by atoms with E-state index in [1.807, 2.05) is 11.6 Å². The molecule has 37 heavy (non-hydrogen) atoms. The number of sulfonamides is 1. The minimum Gasteiger partial charge on any atom is -0.491 e. The van der Waals surface area contributed by atoms with Gasteiger partial charge in [0, 0.05) is 19.4 Å². The van der Waals surface area contributed by atoms with Crippen LogP contribution in [0.25, 0.3) is 0 Å². The lowest BCUT2D eigenvalue weighted by Crippen LogP contribution is -2.33. The number of hydrogen-bond donors (Lipinski definition) is 1. The van der Waals surface area contributed by atoms with E-state index in [-0.39, 0.29) is 42.0 Å². The van der Waals surface area contributed by atoms with E-state index in [1.54, 1.807) is 12.1 Å². The maximum atomic E-state index is 12.9. The molecule has 0 unspecified atom stereocenters. The topological polar surface area (TPSA) is 113 Å². The molecule has 0 bridgehead atoms. The van der Waals surface area contributed by atoms with E-state index in [1.165, 1.54) is 13.2 Å². The second-order valence-electron chi connectivity index (χ2n) is 7.74. The highest BCUT2D eigenvalue weighted by molar-refractivity contribution is 7.90. The first kappa shape index (κ1) is 30.5. The third-order valence-electron chi connectivity index (χ3n) is 4.77. The number of methoxy groups -OCH3 is 1. The number of carbonyl (C=O) groups is 1. The highest BCUT2D eigenvalue weighted by Gasteiger charge is 2.32. The number of carbonyl (C=O) groups excluding carboxylic acids is 1. The van der Waals surface area contributed by atoms with Crippen LogP contribution in [-0.2, 0) is 32.1 Å². The number of aryl methyl sites for hydroxylation is 1. The van der Waals surface area contributed by atoms with Crippen molar-refractivity contribution in [1.29, 1.82) is 0 Å². The molecule has 9 nitrogen and oxygen atoms in total. The summed E-state index contributed by atoms with van der Waals surface area (Å²) in [5.74, 6) is 0.207. The van der Waals surface area contributed by atoms with Crippen molar-refractivity contribution in [2.24, 2.45) is 0 Å². The average molecular weight is 569 g/mol. The van der Waals surface area contributed by atoms with Gasteiger partial charge in [0.1, 0.15) is 23.1 Å². The van der Waals surface area contributed by atoms with Crippen LogP contribution in [0, 0.1) is 0 Å². The summed E-state index contributed by atoms with van der Waals surface area (Å²) in [6, 6.07) is 5.57. The minimum atomic E-state index is -4.61. The molecule has 0 saturated heterocycles. The number of hydrogen-bond acceptors (Lipinski definition) is 8. The molecule has 1 aromatic carbocycles. The molecule has 1 amide bonds.